The predicted octanol–water partition coefficient (Wildman–Crippen LogP) is 0.0612. The van der Waals surface area contributed by atoms with Crippen molar-refractivity contribution in [3.63, 3.8) is 0 Å². The molecule has 0 atom stereocenters. The van der Waals surface area contributed by atoms with E-state index in [1.807, 2.05) is 0 Å². The normalized spacial score (nSPS) is 20.3. The molecule has 0 saturated heterocycles. The van der Waals surface area contributed by atoms with Crippen molar-refractivity contribution >= 4 is 23.7 Å². The summed E-state index contributed by atoms with van der Waals surface area (Å²) in [5.74, 6) is -0.863. The van der Waals surface area contributed by atoms with E-state index >= 15 is 0 Å². The van der Waals surface area contributed by atoms with Gasteiger partial charge in [0, 0.05) is 17.9 Å². The van der Waals surface area contributed by atoms with Gasteiger partial charge in [-0.3, -0.25) is 9.59 Å². The number of hydrogen-bond donors (Lipinski definition) is 0. The van der Waals surface area contributed by atoms with E-state index in [0.717, 1.165) is 0 Å². The van der Waals surface area contributed by atoms with Crippen LogP contribution in [0.15, 0.2) is 33.8 Å². The number of carbonyl (C=O) groups is 2. The second-order valence-electron chi connectivity index (χ2n) is 2.34. The van der Waals surface area contributed by atoms with Crippen LogP contribution in [-0.4, -0.2) is 23.7 Å². The van der Waals surface area contributed by atoms with Crippen LogP contribution >= 0.6 is 0 Å². The van der Waals surface area contributed by atoms with E-state index in [-0.39, 0.29) is 5.71 Å². The van der Waals surface area contributed by atoms with Crippen LogP contribution in [0.5, 0.6) is 0 Å². The fourth-order valence-electron chi connectivity index (χ4n) is 1.00. The highest BCUT2D eigenvalue weighted by Crippen LogP contribution is 2.10. The summed E-state index contributed by atoms with van der Waals surface area (Å²) in [4.78, 5) is 28.8. The first-order valence-electron chi connectivity index (χ1n) is 3.37. The topological polar surface area (TPSA) is 58.9 Å². The summed E-state index contributed by atoms with van der Waals surface area (Å²) in [5, 5.41) is 0. The molecule has 0 fully saturated rings. The third-order valence-corrected chi connectivity index (χ3v) is 1.55. The highest BCUT2D eigenvalue weighted by atomic mass is 16.2. The monoisotopic (exact) mass is 160 g/mol. The number of amides is 2. The van der Waals surface area contributed by atoms with Crippen LogP contribution in [-0.2, 0) is 9.59 Å². The summed E-state index contributed by atoms with van der Waals surface area (Å²) in [6.45, 7) is 0. The van der Waals surface area contributed by atoms with Gasteiger partial charge < -0.3 is 0 Å². The van der Waals surface area contributed by atoms with Gasteiger partial charge in [0.1, 0.15) is 5.71 Å². The molecule has 2 amide bonds. The average Bonchev–Trinajstić information content (AvgIpc) is 2.07. The van der Waals surface area contributed by atoms with Gasteiger partial charge in [-0.1, -0.05) is 0 Å². The molecule has 2 rings (SSSR count). The fourth-order valence-corrected chi connectivity index (χ4v) is 1.00. The molecule has 2 aliphatic rings. The maximum Gasteiger partial charge on any atom is 0.296 e. The van der Waals surface area contributed by atoms with E-state index in [2.05, 4.69) is 9.98 Å². The van der Waals surface area contributed by atoms with Crippen molar-refractivity contribution in [3.8, 4) is 0 Å². The van der Waals surface area contributed by atoms with Crippen LogP contribution in [0.1, 0.15) is 0 Å². The van der Waals surface area contributed by atoms with E-state index in [0.29, 0.717) is 5.57 Å². The number of aliphatic imine (C=N–C) groups is 2. The minimum Gasteiger partial charge on any atom is -0.267 e. The van der Waals surface area contributed by atoms with Gasteiger partial charge in [0.25, 0.3) is 11.8 Å². The van der Waals surface area contributed by atoms with E-state index in [4.69, 9.17) is 0 Å². The van der Waals surface area contributed by atoms with Crippen LogP contribution in [0.25, 0.3) is 0 Å². The van der Waals surface area contributed by atoms with Gasteiger partial charge >= 0.3 is 0 Å². The summed E-state index contributed by atoms with van der Waals surface area (Å²) in [6.07, 6.45) is 5.93. The van der Waals surface area contributed by atoms with Crippen LogP contribution in [0.3, 0.4) is 0 Å². The summed E-state index contributed by atoms with van der Waals surface area (Å²) in [7, 11) is 0. The van der Waals surface area contributed by atoms with Crippen molar-refractivity contribution < 1.29 is 9.59 Å². The van der Waals surface area contributed by atoms with E-state index in [9.17, 15) is 9.59 Å². The Bertz CT molecular complexity index is 386. The molecule has 0 bridgehead atoms. The van der Waals surface area contributed by atoms with Gasteiger partial charge in [-0.15, -0.1) is 0 Å². The Morgan fingerprint density at radius 3 is 2.83 bits per heavy atom. The molecule has 0 aromatic rings. The lowest BCUT2D eigenvalue weighted by molar-refractivity contribution is -0.115. The van der Waals surface area contributed by atoms with E-state index in [1.54, 1.807) is 12.2 Å². The lowest BCUT2D eigenvalue weighted by Gasteiger charge is -2.08. The smallest absolute Gasteiger partial charge is 0.267 e. The molecule has 4 nitrogen and oxygen atoms in total. The molecule has 12 heavy (non-hydrogen) atoms. The summed E-state index contributed by atoms with van der Waals surface area (Å²) in [6, 6.07) is 0. The summed E-state index contributed by atoms with van der Waals surface area (Å²) in [5.41, 5.74) is 0.791. The molecule has 0 radical (unpaired) electrons. The molecule has 0 aromatic heterocycles. The molecule has 0 saturated carbocycles. The SMILES string of the molecule is O=C1C=CC2=CC=NC(=O)C2=N1. The van der Waals surface area contributed by atoms with Crippen LogP contribution in [0, 0.1) is 0 Å². The first-order chi connectivity index (χ1) is 5.77. The molecule has 58 valence electrons. The fraction of sp³-hybridized carbons (Fsp3) is 0. The quantitative estimate of drug-likeness (QED) is 0.503. The summed E-state index contributed by atoms with van der Waals surface area (Å²) < 4.78 is 0. The standard InChI is InChI=1S/C8H4N2O2/c11-6-2-1-5-3-4-9-8(12)7(5)10-6/h1-4H. The largest absolute Gasteiger partial charge is 0.296 e. The van der Waals surface area contributed by atoms with Crippen molar-refractivity contribution in [2.75, 3.05) is 0 Å². The molecule has 0 N–H and O–H groups in total. The Kier molecular flexibility index (Phi) is 1.33. The molecule has 2 heterocycles. The number of carbonyl (C=O) groups excluding carboxylic acids is 2. The van der Waals surface area contributed by atoms with Crippen molar-refractivity contribution in [2.24, 2.45) is 9.98 Å². The highest BCUT2D eigenvalue weighted by Gasteiger charge is 2.20. The number of rotatable bonds is 0. The maximum atomic E-state index is 11.0. The van der Waals surface area contributed by atoms with E-state index in [1.165, 1.54) is 12.3 Å². The molecule has 0 unspecified atom stereocenters. The van der Waals surface area contributed by atoms with Crippen molar-refractivity contribution in [3.05, 3.63) is 23.8 Å². The van der Waals surface area contributed by atoms with Crippen molar-refractivity contribution in [2.45, 2.75) is 0 Å². The Hall–Kier alpha value is -1.84. The molecular formula is C8H4N2O2. The van der Waals surface area contributed by atoms with Gasteiger partial charge in [0.15, 0.2) is 0 Å². The first kappa shape index (κ1) is 6.84. The second-order valence-corrected chi connectivity index (χ2v) is 2.34. The summed E-state index contributed by atoms with van der Waals surface area (Å²) >= 11 is 0. The van der Waals surface area contributed by atoms with Gasteiger partial charge in [-0.2, -0.15) is 0 Å². The van der Waals surface area contributed by atoms with Gasteiger partial charge in [-0.05, 0) is 12.2 Å². The first-order valence-corrected chi connectivity index (χ1v) is 3.37. The minimum atomic E-state index is -0.454. The molecule has 2 aliphatic heterocycles. The Morgan fingerprint density at radius 2 is 2.00 bits per heavy atom. The van der Waals surface area contributed by atoms with Crippen LogP contribution < -0.4 is 0 Å². The number of nitrogens with zero attached hydrogens (tertiary/aromatic N) is 2. The van der Waals surface area contributed by atoms with Gasteiger partial charge in [0.05, 0.1) is 0 Å². The molecule has 0 aliphatic carbocycles. The van der Waals surface area contributed by atoms with Crippen LogP contribution in [0.4, 0.5) is 0 Å². The van der Waals surface area contributed by atoms with Crippen molar-refractivity contribution in [1.82, 2.24) is 0 Å². The van der Waals surface area contributed by atoms with Gasteiger partial charge in [-0.25, -0.2) is 9.98 Å². The Labute approximate surface area is 68.0 Å². The maximum absolute atomic E-state index is 11.0. The van der Waals surface area contributed by atoms with Gasteiger partial charge in [0.2, 0.25) is 0 Å². The number of allylic oxidation sites excluding steroid dienone is 2. The zero-order valence-electron chi connectivity index (χ0n) is 6.02. The third kappa shape index (κ3) is 0.934. The Morgan fingerprint density at radius 1 is 1.17 bits per heavy atom. The average molecular weight is 160 g/mol. The zero-order valence-corrected chi connectivity index (χ0v) is 6.02. The zero-order chi connectivity index (χ0) is 8.55. The minimum absolute atomic E-state index is 0.144. The second kappa shape index (κ2) is 2.34. The van der Waals surface area contributed by atoms with E-state index < -0.39 is 11.8 Å². The number of hydrogen-bond acceptors (Lipinski definition) is 2. The third-order valence-electron chi connectivity index (χ3n) is 1.55. The van der Waals surface area contributed by atoms with Crippen LogP contribution in [0.2, 0.25) is 0 Å². The van der Waals surface area contributed by atoms with Crippen molar-refractivity contribution in [1.29, 1.82) is 0 Å². The number of fused-ring (bicyclic) bond motifs is 1. The highest BCUT2D eigenvalue weighted by molar-refractivity contribution is 6.51. The Balaban J connectivity index is 2.53. The molecule has 0 aromatic carbocycles. The molecule has 4 heteroatoms. The predicted molar refractivity (Wildman–Crippen MR) is 43.2 cm³/mol. The lowest BCUT2D eigenvalue weighted by atomic mass is 10.1. The lowest BCUT2D eigenvalue weighted by Crippen LogP contribution is -2.20. The number of dihydropyridines is 2. The molecule has 0 spiro atoms. The molecular weight excluding hydrogens is 156 g/mol.